The van der Waals surface area contributed by atoms with E-state index in [4.69, 9.17) is 0 Å². The number of anilines is 1. The van der Waals surface area contributed by atoms with Crippen LogP contribution in [-0.4, -0.2) is 25.5 Å². The van der Waals surface area contributed by atoms with E-state index in [0.717, 1.165) is 6.07 Å². The summed E-state index contributed by atoms with van der Waals surface area (Å²) in [6.07, 6.45) is -4.74. The summed E-state index contributed by atoms with van der Waals surface area (Å²) in [6.45, 7) is 1.53. The van der Waals surface area contributed by atoms with Gasteiger partial charge in [-0.05, 0) is 19.1 Å². The summed E-state index contributed by atoms with van der Waals surface area (Å²) in [6, 6.07) is 4.54. The van der Waals surface area contributed by atoms with Crippen molar-refractivity contribution < 1.29 is 27.4 Å². The zero-order valence-electron chi connectivity index (χ0n) is 9.75. The summed E-state index contributed by atoms with van der Waals surface area (Å²) in [5, 5.41) is 2.70. The highest BCUT2D eigenvalue weighted by molar-refractivity contribution is 5.78. The lowest BCUT2D eigenvalue weighted by Crippen LogP contribution is -2.27. The topological polar surface area (TPSA) is 47.6 Å². The Morgan fingerprint density at radius 2 is 2.06 bits per heavy atom. The van der Waals surface area contributed by atoms with Crippen molar-refractivity contribution in [2.24, 2.45) is 0 Å². The summed E-state index contributed by atoms with van der Waals surface area (Å²) < 4.78 is 44.2. The molecule has 0 aliphatic heterocycles. The Kier molecular flexibility index (Phi) is 4.41. The van der Waals surface area contributed by atoms with Crippen LogP contribution in [-0.2, 0) is 9.53 Å². The van der Waals surface area contributed by atoms with Crippen LogP contribution in [0.2, 0.25) is 0 Å². The van der Waals surface area contributed by atoms with Crippen molar-refractivity contribution in [1.82, 2.24) is 0 Å². The van der Waals surface area contributed by atoms with Crippen LogP contribution in [0, 0.1) is 0 Å². The van der Waals surface area contributed by atoms with Gasteiger partial charge in [0.05, 0.1) is 7.11 Å². The second-order valence-corrected chi connectivity index (χ2v) is 3.46. The minimum Gasteiger partial charge on any atom is -0.467 e. The zero-order chi connectivity index (χ0) is 13.8. The van der Waals surface area contributed by atoms with E-state index in [1.807, 2.05) is 0 Å². The summed E-state index contributed by atoms with van der Waals surface area (Å²) in [5.74, 6) is -0.873. The Hall–Kier alpha value is -1.92. The minimum atomic E-state index is -4.74. The van der Waals surface area contributed by atoms with Gasteiger partial charge in [0, 0.05) is 11.8 Å². The molecule has 0 bridgehead atoms. The predicted molar refractivity (Wildman–Crippen MR) is 58.2 cm³/mol. The highest BCUT2D eigenvalue weighted by atomic mass is 19.4. The number of rotatable bonds is 4. The third kappa shape index (κ3) is 4.52. The van der Waals surface area contributed by atoms with Gasteiger partial charge in [-0.25, -0.2) is 4.79 Å². The van der Waals surface area contributed by atoms with Crippen LogP contribution < -0.4 is 10.1 Å². The molecule has 0 aliphatic rings. The van der Waals surface area contributed by atoms with Gasteiger partial charge in [-0.2, -0.15) is 0 Å². The highest BCUT2D eigenvalue weighted by Gasteiger charge is 2.31. The van der Waals surface area contributed by atoms with Crippen LogP contribution in [0.1, 0.15) is 6.92 Å². The number of benzene rings is 1. The SMILES string of the molecule is COC(=O)C(C)Nc1cccc(OC(F)(F)F)c1. The molecule has 0 heterocycles. The van der Waals surface area contributed by atoms with Crippen LogP contribution in [0.15, 0.2) is 24.3 Å². The van der Waals surface area contributed by atoms with Gasteiger partial charge >= 0.3 is 12.3 Å². The number of nitrogens with one attached hydrogen (secondary N) is 1. The molecule has 1 unspecified atom stereocenters. The van der Waals surface area contributed by atoms with Gasteiger partial charge in [-0.1, -0.05) is 6.07 Å². The third-order valence-electron chi connectivity index (χ3n) is 2.01. The Morgan fingerprint density at radius 3 is 2.61 bits per heavy atom. The lowest BCUT2D eigenvalue weighted by molar-refractivity contribution is -0.274. The smallest absolute Gasteiger partial charge is 0.467 e. The average molecular weight is 263 g/mol. The second kappa shape index (κ2) is 5.61. The molecule has 7 heteroatoms. The summed E-state index contributed by atoms with van der Waals surface area (Å²) in [7, 11) is 1.23. The standard InChI is InChI=1S/C11H12F3NO3/c1-7(10(16)17-2)15-8-4-3-5-9(6-8)18-11(12,13)14/h3-7,15H,1-2H3. The molecule has 0 spiro atoms. The normalized spacial score (nSPS) is 12.7. The molecule has 1 N–H and O–H groups in total. The van der Waals surface area contributed by atoms with Crippen molar-refractivity contribution in [1.29, 1.82) is 0 Å². The highest BCUT2D eigenvalue weighted by Crippen LogP contribution is 2.25. The Morgan fingerprint density at radius 1 is 1.39 bits per heavy atom. The van der Waals surface area contributed by atoms with Crippen LogP contribution in [0.5, 0.6) is 5.75 Å². The maximum absolute atomic E-state index is 12.0. The molecule has 4 nitrogen and oxygen atoms in total. The fourth-order valence-corrected chi connectivity index (χ4v) is 1.27. The van der Waals surface area contributed by atoms with Crippen molar-refractivity contribution >= 4 is 11.7 Å². The maximum atomic E-state index is 12.0. The first-order chi connectivity index (χ1) is 8.31. The second-order valence-electron chi connectivity index (χ2n) is 3.46. The molecule has 0 saturated carbocycles. The molecule has 0 fully saturated rings. The van der Waals surface area contributed by atoms with Crippen LogP contribution in [0.25, 0.3) is 0 Å². The van der Waals surface area contributed by atoms with E-state index in [-0.39, 0.29) is 5.75 Å². The van der Waals surface area contributed by atoms with E-state index < -0.39 is 18.4 Å². The molecule has 18 heavy (non-hydrogen) atoms. The van der Waals surface area contributed by atoms with Crippen LogP contribution >= 0.6 is 0 Å². The van der Waals surface area contributed by atoms with Crippen molar-refractivity contribution in [2.45, 2.75) is 19.3 Å². The molecular weight excluding hydrogens is 251 g/mol. The van der Waals surface area contributed by atoms with E-state index in [1.165, 1.54) is 32.2 Å². The third-order valence-corrected chi connectivity index (χ3v) is 2.01. The summed E-state index contributed by atoms with van der Waals surface area (Å²) >= 11 is 0. The number of hydrogen-bond donors (Lipinski definition) is 1. The molecule has 0 saturated heterocycles. The van der Waals surface area contributed by atoms with E-state index >= 15 is 0 Å². The molecule has 1 aromatic rings. The lowest BCUT2D eigenvalue weighted by atomic mass is 10.2. The number of hydrogen-bond acceptors (Lipinski definition) is 4. The predicted octanol–water partition coefficient (Wildman–Crippen LogP) is 2.56. The molecule has 0 amide bonds. The van der Waals surface area contributed by atoms with Crippen LogP contribution in [0.4, 0.5) is 18.9 Å². The molecule has 0 aromatic heterocycles. The van der Waals surface area contributed by atoms with Crippen molar-refractivity contribution in [2.75, 3.05) is 12.4 Å². The van der Waals surface area contributed by atoms with E-state index in [1.54, 1.807) is 0 Å². The molecule has 1 rings (SSSR count). The van der Waals surface area contributed by atoms with Gasteiger partial charge in [-0.15, -0.1) is 13.2 Å². The van der Waals surface area contributed by atoms with Gasteiger partial charge in [0.15, 0.2) is 0 Å². The maximum Gasteiger partial charge on any atom is 0.573 e. The van der Waals surface area contributed by atoms with E-state index in [2.05, 4.69) is 14.8 Å². The fourth-order valence-electron chi connectivity index (χ4n) is 1.27. The Balaban J connectivity index is 2.73. The number of carbonyl (C=O) groups excluding carboxylic acids is 1. The van der Waals surface area contributed by atoms with E-state index in [9.17, 15) is 18.0 Å². The molecule has 0 aliphatic carbocycles. The number of esters is 1. The van der Waals surface area contributed by atoms with Crippen LogP contribution in [0.3, 0.4) is 0 Å². The van der Waals surface area contributed by atoms with Gasteiger partial charge in [0.2, 0.25) is 0 Å². The molecule has 1 aromatic carbocycles. The average Bonchev–Trinajstić information content (AvgIpc) is 2.26. The monoisotopic (exact) mass is 263 g/mol. The number of carbonyl (C=O) groups is 1. The van der Waals surface area contributed by atoms with Crippen molar-refractivity contribution in [3.05, 3.63) is 24.3 Å². The van der Waals surface area contributed by atoms with Gasteiger partial charge < -0.3 is 14.8 Å². The first-order valence-electron chi connectivity index (χ1n) is 5.02. The summed E-state index contributed by atoms with van der Waals surface area (Å²) in [4.78, 5) is 11.1. The molecule has 1 atom stereocenters. The first kappa shape index (κ1) is 14.1. The largest absolute Gasteiger partial charge is 0.573 e. The van der Waals surface area contributed by atoms with Gasteiger partial charge in [0.1, 0.15) is 11.8 Å². The number of halogens is 3. The number of ether oxygens (including phenoxy) is 2. The molecule has 100 valence electrons. The quantitative estimate of drug-likeness (QED) is 0.848. The van der Waals surface area contributed by atoms with Gasteiger partial charge in [-0.3, -0.25) is 0 Å². The fraction of sp³-hybridized carbons (Fsp3) is 0.364. The van der Waals surface area contributed by atoms with Crippen molar-refractivity contribution in [3.63, 3.8) is 0 Å². The first-order valence-corrected chi connectivity index (χ1v) is 5.02. The number of methoxy groups -OCH3 is 1. The lowest BCUT2D eigenvalue weighted by Gasteiger charge is -2.14. The van der Waals surface area contributed by atoms with Gasteiger partial charge in [0.25, 0.3) is 0 Å². The molecule has 0 radical (unpaired) electrons. The van der Waals surface area contributed by atoms with Crippen molar-refractivity contribution in [3.8, 4) is 5.75 Å². The minimum absolute atomic E-state index is 0.328. The Labute approximate surface area is 102 Å². The Bertz CT molecular complexity index is 420. The molecular formula is C11H12F3NO3. The summed E-state index contributed by atoms with van der Waals surface area (Å²) in [5.41, 5.74) is 0.328. The number of alkyl halides is 3. The zero-order valence-corrected chi connectivity index (χ0v) is 9.75. The van der Waals surface area contributed by atoms with E-state index in [0.29, 0.717) is 5.69 Å².